The number of anilines is 1. The van der Waals surface area contributed by atoms with E-state index in [4.69, 9.17) is 16.6 Å². The Labute approximate surface area is 182 Å². The standard InChI is InChI=1S/C22H19N3O3S2/c1-12(2)13-5-8-18-16(10-13)24-21(28-18)15-7-6-14(11-17(15)26)23-22(29)25-20(27)19-4-3-9-30-19/h3-12,26H,1-2H3,(H2,23,25,27,29). The maximum absolute atomic E-state index is 12.1. The van der Waals surface area contributed by atoms with Crippen LogP contribution in [0, 0.1) is 0 Å². The molecule has 0 saturated carbocycles. The molecule has 30 heavy (non-hydrogen) atoms. The van der Waals surface area contributed by atoms with Gasteiger partial charge in [-0.1, -0.05) is 26.0 Å². The Kier molecular flexibility index (Phi) is 5.52. The summed E-state index contributed by atoms with van der Waals surface area (Å²) in [4.78, 5) is 17.1. The lowest BCUT2D eigenvalue weighted by atomic mass is 10.0. The van der Waals surface area contributed by atoms with Crippen molar-refractivity contribution < 1.29 is 14.3 Å². The van der Waals surface area contributed by atoms with Gasteiger partial charge in [-0.05, 0) is 59.4 Å². The predicted molar refractivity (Wildman–Crippen MR) is 123 cm³/mol. The molecule has 2 aromatic heterocycles. The van der Waals surface area contributed by atoms with E-state index in [1.807, 2.05) is 23.6 Å². The number of hydrogen-bond donors (Lipinski definition) is 3. The van der Waals surface area contributed by atoms with Gasteiger partial charge >= 0.3 is 0 Å². The molecule has 152 valence electrons. The fourth-order valence-electron chi connectivity index (χ4n) is 2.94. The third-order valence-electron chi connectivity index (χ3n) is 4.54. The van der Waals surface area contributed by atoms with E-state index < -0.39 is 0 Å². The van der Waals surface area contributed by atoms with Crippen molar-refractivity contribution in [3.8, 4) is 17.2 Å². The number of benzene rings is 2. The van der Waals surface area contributed by atoms with Crippen LogP contribution in [0.15, 0.2) is 58.3 Å². The molecule has 2 heterocycles. The highest BCUT2D eigenvalue weighted by Gasteiger charge is 2.15. The monoisotopic (exact) mass is 437 g/mol. The molecule has 0 aliphatic heterocycles. The van der Waals surface area contributed by atoms with E-state index in [-0.39, 0.29) is 16.8 Å². The van der Waals surface area contributed by atoms with Crippen molar-refractivity contribution in [2.45, 2.75) is 19.8 Å². The number of thiocarbonyl (C=S) groups is 1. The van der Waals surface area contributed by atoms with Crippen molar-refractivity contribution in [1.82, 2.24) is 10.3 Å². The summed E-state index contributed by atoms with van der Waals surface area (Å²) in [5.41, 5.74) is 3.58. The van der Waals surface area contributed by atoms with E-state index in [1.54, 1.807) is 24.3 Å². The van der Waals surface area contributed by atoms with Crippen LogP contribution in [-0.2, 0) is 0 Å². The van der Waals surface area contributed by atoms with Crippen LogP contribution in [0.3, 0.4) is 0 Å². The molecule has 1 amide bonds. The van der Waals surface area contributed by atoms with Gasteiger partial charge in [0.25, 0.3) is 5.91 Å². The van der Waals surface area contributed by atoms with E-state index in [0.29, 0.717) is 33.5 Å². The average Bonchev–Trinajstić information content (AvgIpc) is 3.37. The Morgan fingerprint density at radius 3 is 2.73 bits per heavy atom. The number of oxazole rings is 1. The van der Waals surface area contributed by atoms with Gasteiger partial charge in [-0.25, -0.2) is 4.98 Å². The number of carbonyl (C=O) groups is 1. The topological polar surface area (TPSA) is 87.4 Å². The average molecular weight is 438 g/mol. The number of nitrogens with one attached hydrogen (secondary N) is 2. The molecular formula is C22H19N3O3S2. The first-order valence-electron chi connectivity index (χ1n) is 9.30. The molecule has 4 rings (SSSR count). The predicted octanol–water partition coefficient (Wildman–Crippen LogP) is 5.51. The van der Waals surface area contributed by atoms with Gasteiger partial charge in [0.05, 0.1) is 10.4 Å². The summed E-state index contributed by atoms with van der Waals surface area (Å²) >= 11 is 6.51. The highest BCUT2D eigenvalue weighted by atomic mass is 32.1. The van der Waals surface area contributed by atoms with Gasteiger partial charge < -0.3 is 14.8 Å². The Bertz CT molecular complexity index is 1230. The molecule has 3 N–H and O–H groups in total. The minimum Gasteiger partial charge on any atom is -0.507 e. The highest BCUT2D eigenvalue weighted by molar-refractivity contribution is 7.80. The maximum Gasteiger partial charge on any atom is 0.267 e. The number of nitrogens with zero attached hydrogens (tertiary/aromatic N) is 1. The molecule has 0 aliphatic carbocycles. The van der Waals surface area contributed by atoms with Crippen LogP contribution in [0.5, 0.6) is 5.75 Å². The number of aromatic hydroxyl groups is 1. The third-order valence-corrected chi connectivity index (χ3v) is 5.61. The molecule has 0 aliphatic rings. The molecule has 0 unspecified atom stereocenters. The van der Waals surface area contributed by atoms with Crippen LogP contribution in [0.4, 0.5) is 5.69 Å². The van der Waals surface area contributed by atoms with E-state index >= 15 is 0 Å². The molecule has 8 heteroatoms. The van der Waals surface area contributed by atoms with Gasteiger partial charge in [0.1, 0.15) is 11.3 Å². The van der Waals surface area contributed by atoms with Crippen molar-refractivity contribution in [3.63, 3.8) is 0 Å². The summed E-state index contributed by atoms with van der Waals surface area (Å²) in [6.07, 6.45) is 0. The Morgan fingerprint density at radius 2 is 2.03 bits per heavy atom. The molecular weight excluding hydrogens is 418 g/mol. The van der Waals surface area contributed by atoms with Crippen molar-refractivity contribution >= 4 is 51.4 Å². The van der Waals surface area contributed by atoms with Crippen molar-refractivity contribution in [1.29, 1.82) is 0 Å². The van der Waals surface area contributed by atoms with Gasteiger partial charge in [-0.3, -0.25) is 10.1 Å². The maximum atomic E-state index is 12.1. The number of phenols is 1. The lowest BCUT2D eigenvalue weighted by molar-refractivity contribution is 0.0981. The number of thiophene rings is 1. The summed E-state index contributed by atoms with van der Waals surface area (Å²) in [5.74, 6) is 0.430. The molecule has 0 spiro atoms. The lowest BCUT2D eigenvalue weighted by Crippen LogP contribution is -2.33. The normalized spacial score (nSPS) is 11.0. The fraction of sp³-hybridized carbons (Fsp3) is 0.136. The summed E-state index contributed by atoms with van der Waals surface area (Å²) in [5, 5.41) is 18.0. The lowest BCUT2D eigenvalue weighted by Gasteiger charge is -2.10. The van der Waals surface area contributed by atoms with Crippen molar-refractivity contribution in [2.24, 2.45) is 0 Å². The number of rotatable bonds is 4. The molecule has 4 aromatic rings. The van der Waals surface area contributed by atoms with Crippen LogP contribution in [0.2, 0.25) is 0 Å². The minimum atomic E-state index is -0.282. The van der Waals surface area contributed by atoms with Crippen LogP contribution in [0.25, 0.3) is 22.6 Å². The summed E-state index contributed by atoms with van der Waals surface area (Å²) in [6.45, 7) is 4.24. The second-order valence-electron chi connectivity index (χ2n) is 7.02. The first kappa shape index (κ1) is 20.1. The number of aromatic nitrogens is 1. The number of carbonyl (C=O) groups excluding carboxylic acids is 1. The van der Waals surface area contributed by atoms with Crippen LogP contribution in [0.1, 0.15) is 35.0 Å². The van der Waals surface area contributed by atoms with E-state index in [1.165, 1.54) is 23.0 Å². The van der Waals surface area contributed by atoms with E-state index in [2.05, 4.69) is 29.5 Å². The first-order chi connectivity index (χ1) is 14.4. The Hall–Kier alpha value is -3.23. The summed E-state index contributed by atoms with van der Waals surface area (Å²) < 4.78 is 5.81. The molecule has 0 saturated heterocycles. The fourth-order valence-corrected chi connectivity index (χ4v) is 3.77. The first-order valence-corrected chi connectivity index (χ1v) is 10.6. The smallest absolute Gasteiger partial charge is 0.267 e. The Morgan fingerprint density at radius 1 is 1.20 bits per heavy atom. The number of hydrogen-bond acceptors (Lipinski definition) is 6. The second-order valence-corrected chi connectivity index (χ2v) is 8.37. The molecule has 0 fully saturated rings. The second kappa shape index (κ2) is 8.25. The van der Waals surface area contributed by atoms with Crippen LogP contribution >= 0.6 is 23.6 Å². The van der Waals surface area contributed by atoms with Crippen LogP contribution in [-0.4, -0.2) is 21.1 Å². The number of amides is 1. The number of phenolic OH excluding ortho intramolecular Hbond substituents is 1. The van der Waals surface area contributed by atoms with Gasteiger partial charge in [0, 0.05) is 11.8 Å². The van der Waals surface area contributed by atoms with Crippen molar-refractivity contribution in [2.75, 3.05) is 5.32 Å². The van der Waals surface area contributed by atoms with Gasteiger partial charge in [0.15, 0.2) is 10.7 Å². The summed E-state index contributed by atoms with van der Waals surface area (Å²) in [7, 11) is 0. The SMILES string of the molecule is CC(C)c1ccc2oc(-c3ccc(NC(=S)NC(=O)c4cccs4)cc3O)nc2c1. The molecule has 0 bridgehead atoms. The van der Waals surface area contributed by atoms with E-state index in [9.17, 15) is 9.90 Å². The summed E-state index contributed by atoms with van der Waals surface area (Å²) in [6, 6.07) is 14.3. The minimum absolute atomic E-state index is 0.0111. The molecule has 0 atom stereocenters. The van der Waals surface area contributed by atoms with Crippen LogP contribution < -0.4 is 10.6 Å². The molecule has 0 radical (unpaired) electrons. The third kappa shape index (κ3) is 4.19. The quantitative estimate of drug-likeness (QED) is 0.365. The number of fused-ring (bicyclic) bond motifs is 1. The molecule has 6 nitrogen and oxygen atoms in total. The van der Waals surface area contributed by atoms with Gasteiger partial charge in [-0.2, -0.15) is 0 Å². The zero-order valence-corrected chi connectivity index (χ0v) is 17.9. The van der Waals surface area contributed by atoms with Gasteiger partial charge in [-0.15, -0.1) is 11.3 Å². The van der Waals surface area contributed by atoms with E-state index in [0.717, 1.165) is 5.52 Å². The van der Waals surface area contributed by atoms with Gasteiger partial charge in [0.2, 0.25) is 5.89 Å². The largest absolute Gasteiger partial charge is 0.507 e. The zero-order chi connectivity index (χ0) is 21.3. The van der Waals surface area contributed by atoms with Crippen molar-refractivity contribution in [3.05, 3.63) is 64.4 Å². The molecule has 2 aromatic carbocycles. The Balaban J connectivity index is 1.51. The zero-order valence-electron chi connectivity index (χ0n) is 16.3. The highest BCUT2D eigenvalue weighted by Crippen LogP contribution is 2.33.